The maximum Gasteiger partial charge on any atom is 0.138 e. The van der Waals surface area contributed by atoms with Crippen LogP contribution in [0.2, 0.25) is 0 Å². The Balaban J connectivity index is 1.91. The number of benzene rings is 2. The summed E-state index contributed by atoms with van der Waals surface area (Å²) >= 11 is 0. The molecule has 2 aromatic rings. The standard InChI is InChI=1S/C32H12F2N6/c33-21-5-1-17(2-6-21)29-27(15-39)23-9-24-26(10-25(23)31(29)19(11-35)12-36)32(20(13-37)14-38)30(28(24)16-40)18-3-7-22(34)8-4-18/h1-3,5-7,9-10H,4,8H2. The Morgan fingerprint density at radius 2 is 1.10 bits per heavy atom. The summed E-state index contributed by atoms with van der Waals surface area (Å²) in [6.07, 6.45) is 3.11. The molecule has 6 nitrogen and oxygen atoms in total. The molecular formula is C32H12F2N6. The van der Waals surface area contributed by atoms with Crippen molar-refractivity contribution in [1.82, 2.24) is 0 Å². The number of nitriles is 6. The van der Waals surface area contributed by atoms with Crippen LogP contribution in [0.3, 0.4) is 0 Å². The molecule has 8 heteroatoms. The van der Waals surface area contributed by atoms with Gasteiger partial charge in [0, 0.05) is 39.8 Å². The van der Waals surface area contributed by atoms with E-state index in [0.717, 1.165) is 0 Å². The zero-order valence-electron chi connectivity index (χ0n) is 20.5. The smallest absolute Gasteiger partial charge is 0.138 e. The summed E-state index contributed by atoms with van der Waals surface area (Å²) in [5, 5.41) is 59.7. The van der Waals surface area contributed by atoms with Crippen LogP contribution in [0.15, 0.2) is 76.7 Å². The topological polar surface area (TPSA) is 143 Å². The second kappa shape index (κ2) is 9.86. The average Bonchev–Trinajstić information content (AvgIpc) is 3.46. The monoisotopic (exact) mass is 518 g/mol. The van der Waals surface area contributed by atoms with Gasteiger partial charge in [0.25, 0.3) is 0 Å². The van der Waals surface area contributed by atoms with Gasteiger partial charge in [0.2, 0.25) is 0 Å². The minimum absolute atomic E-state index is 0.0888. The fraction of sp³-hybridized carbons (Fsp3) is 0.0625. The molecule has 40 heavy (non-hydrogen) atoms. The van der Waals surface area contributed by atoms with Gasteiger partial charge in [-0.3, -0.25) is 0 Å². The van der Waals surface area contributed by atoms with Crippen LogP contribution >= 0.6 is 0 Å². The lowest BCUT2D eigenvalue weighted by atomic mass is 9.87. The highest BCUT2D eigenvalue weighted by molar-refractivity contribution is 6.26. The molecule has 0 heterocycles. The quantitative estimate of drug-likeness (QED) is 0.403. The summed E-state index contributed by atoms with van der Waals surface area (Å²) in [5.74, 6) is -0.849. The summed E-state index contributed by atoms with van der Waals surface area (Å²) in [6, 6.07) is 20.2. The van der Waals surface area contributed by atoms with Crippen molar-refractivity contribution in [2.75, 3.05) is 0 Å². The van der Waals surface area contributed by atoms with Gasteiger partial charge < -0.3 is 0 Å². The molecule has 2 aromatic carbocycles. The molecule has 0 atom stereocenters. The zero-order valence-corrected chi connectivity index (χ0v) is 20.5. The Hall–Kier alpha value is -6.32. The molecule has 0 fully saturated rings. The summed E-state index contributed by atoms with van der Waals surface area (Å²) in [6.45, 7) is 0. The highest BCUT2D eigenvalue weighted by atomic mass is 19.1. The minimum atomic E-state index is -0.512. The van der Waals surface area contributed by atoms with Crippen LogP contribution in [0.25, 0.3) is 27.9 Å². The molecule has 0 bridgehead atoms. The Bertz CT molecular complexity index is 1970. The lowest BCUT2D eigenvalue weighted by Crippen LogP contribution is -1.99. The number of nitrogens with zero attached hydrogens (tertiary/aromatic N) is 6. The van der Waals surface area contributed by atoms with Gasteiger partial charge in [0.1, 0.15) is 59.2 Å². The molecule has 0 amide bonds. The second-order valence-corrected chi connectivity index (χ2v) is 8.93. The number of rotatable bonds is 2. The van der Waals surface area contributed by atoms with E-state index in [2.05, 4.69) is 12.1 Å². The molecule has 0 unspecified atom stereocenters. The zero-order chi connectivity index (χ0) is 28.6. The number of fused-ring (bicyclic) bond motifs is 2. The lowest BCUT2D eigenvalue weighted by molar-refractivity contribution is 0.583. The molecule has 3 aliphatic carbocycles. The average molecular weight is 518 g/mol. The minimum Gasteiger partial charge on any atom is -0.212 e. The third-order valence-corrected chi connectivity index (χ3v) is 6.96. The number of halogens is 2. The number of hydrogen-bond donors (Lipinski definition) is 0. The van der Waals surface area contributed by atoms with Gasteiger partial charge in [-0.05, 0) is 59.0 Å². The van der Waals surface area contributed by atoms with Crippen molar-refractivity contribution in [3.8, 4) is 36.4 Å². The van der Waals surface area contributed by atoms with Gasteiger partial charge in [-0.25, -0.2) is 8.78 Å². The molecule has 0 spiro atoms. The van der Waals surface area contributed by atoms with Crippen LogP contribution in [0.5, 0.6) is 0 Å². The van der Waals surface area contributed by atoms with Crippen molar-refractivity contribution < 1.29 is 8.78 Å². The Morgan fingerprint density at radius 1 is 0.600 bits per heavy atom. The maximum absolute atomic E-state index is 13.8. The summed E-state index contributed by atoms with van der Waals surface area (Å²) < 4.78 is 27.5. The first-order valence-electron chi connectivity index (χ1n) is 11.8. The highest BCUT2D eigenvalue weighted by Crippen LogP contribution is 2.54. The van der Waals surface area contributed by atoms with Crippen LogP contribution in [0.4, 0.5) is 8.78 Å². The Kier molecular flexibility index (Phi) is 6.24. The predicted molar refractivity (Wildman–Crippen MR) is 141 cm³/mol. The molecule has 0 aromatic heterocycles. The highest BCUT2D eigenvalue weighted by Gasteiger charge is 2.37. The molecule has 184 valence electrons. The molecule has 5 rings (SSSR count). The third kappa shape index (κ3) is 3.71. The van der Waals surface area contributed by atoms with Crippen LogP contribution < -0.4 is 0 Å². The van der Waals surface area contributed by atoms with E-state index in [1.54, 1.807) is 12.1 Å². The second-order valence-electron chi connectivity index (χ2n) is 8.93. The molecule has 3 aliphatic rings. The van der Waals surface area contributed by atoms with E-state index < -0.39 is 5.82 Å². The number of hydrogen-bond acceptors (Lipinski definition) is 6. The van der Waals surface area contributed by atoms with E-state index in [1.165, 1.54) is 36.4 Å². The van der Waals surface area contributed by atoms with Gasteiger partial charge in [-0.15, -0.1) is 0 Å². The fourth-order valence-corrected chi connectivity index (χ4v) is 5.29. The molecule has 0 aliphatic heterocycles. The van der Waals surface area contributed by atoms with E-state index in [1.807, 2.05) is 24.3 Å². The van der Waals surface area contributed by atoms with E-state index >= 15 is 0 Å². The molecule has 0 radical (unpaired) electrons. The van der Waals surface area contributed by atoms with Gasteiger partial charge in [-0.1, -0.05) is 18.2 Å². The molecule has 0 N–H and O–H groups in total. The van der Waals surface area contributed by atoms with E-state index in [0.29, 0.717) is 39.0 Å². The first-order valence-corrected chi connectivity index (χ1v) is 11.8. The largest absolute Gasteiger partial charge is 0.212 e. The fourth-order valence-electron chi connectivity index (χ4n) is 5.29. The van der Waals surface area contributed by atoms with E-state index in [4.69, 9.17) is 0 Å². The normalized spacial score (nSPS) is 14.9. The van der Waals surface area contributed by atoms with Gasteiger partial charge in [0.15, 0.2) is 0 Å². The first-order chi connectivity index (χ1) is 19.4. The molecule has 0 saturated carbocycles. The SMILES string of the molecule is N#CC(C#N)=C1C(C2=CC=C(F)CC2)=C(C#N)c2cc3c(cc21)C(=C(C#N)C#N)C(c1ccc(F)cc1)=C3C#N. The van der Waals surface area contributed by atoms with Gasteiger partial charge in [0.05, 0.1) is 11.1 Å². The summed E-state index contributed by atoms with van der Waals surface area (Å²) in [4.78, 5) is 0. The Morgan fingerprint density at radius 3 is 1.57 bits per heavy atom. The van der Waals surface area contributed by atoms with Crippen LogP contribution in [0, 0.1) is 73.8 Å². The van der Waals surface area contributed by atoms with Crippen molar-refractivity contribution in [3.05, 3.63) is 110 Å². The lowest BCUT2D eigenvalue weighted by Gasteiger charge is -2.15. The first kappa shape index (κ1) is 25.3. The van der Waals surface area contributed by atoms with E-state index in [9.17, 15) is 40.4 Å². The van der Waals surface area contributed by atoms with Crippen molar-refractivity contribution in [2.24, 2.45) is 0 Å². The van der Waals surface area contributed by atoms with Crippen molar-refractivity contribution >= 4 is 27.9 Å². The van der Waals surface area contributed by atoms with Crippen molar-refractivity contribution in [1.29, 1.82) is 31.6 Å². The molecular weight excluding hydrogens is 506 g/mol. The third-order valence-electron chi connectivity index (χ3n) is 6.96. The summed E-state index contributed by atoms with van der Waals surface area (Å²) in [7, 11) is 0. The Labute approximate surface area is 227 Å². The van der Waals surface area contributed by atoms with Gasteiger partial charge >= 0.3 is 0 Å². The predicted octanol–water partition coefficient (Wildman–Crippen LogP) is 6.74. The van der Waals surface area contributed by atoms with Crippen molar-refractivity contribution in [2.45, 2.75) is 12.8 Å². The van der Waals surface area contributed by atoms with E-state index in [-0.39, 0.29) is 57.7 Å². The van der Waals surface area contributed by atoms with Crippen LogP contribution in [-0.4, -0.2) is 0 Å². The molecule has 0 saturated heterocycles. The van der Waals surface area contributed by atoms with Crippen LogP contribution in [-0.2, 0) is 0 Å². The van der Waals surface area contributed by atoms with Gasteiger partial charge in [-0.2, -0.15) is 31.6 Å². The maximum atomic E-state index is 13.8. The van der Waals surface area contributed by atoms with Crippen LogP contribution in [0.1, 0.15) is 40.7 Å². The van der Waals surface area contributed by atoms with Crippen molar-refractivity contribution in [3.63, 3.8) is 0 Å². The summed E-state index contributed by atoms with van der Waals surface area (Å²) in [5.41, 5.74) is 2.94. The number of allylic oxidation sites excluding steroid dienone is 12.